The fraction of sp³-hybridized carbons (Fsp3) is 0.156. The van der Waals surface area contributed by atoms with Crippen molar-refractivity contribution in [1.82, 2.24) is 4.57 Å². The number of aromatic nitrogens is 1. The largest absolute Gasteiger partial charge is 0.378 e. The maximum absolute atomic E-state index is 13.8. The van der Waals surface area contributed by atoms with Gasteiger partial charge in [0.05, 0.1) is 11.4 Å². The molecule has 7 heteroatoms. The molecular weight excluding hydrogens is 488 g/mol. The van der Waals surface area contributed by atoms with Crippen LogP contribution in [0, 0.1) is 20.8 Å². The first-order valence-electron chi connectivity index (χ1n) is 12.7. The number of barbiturate groups is 1. The third-order valence-corrected chi connectivity index (χ3v) is 6.95. The monoisotopic (exact) mass is 518 g/mol. The van der Waals surface area contributed by atoms with E-state index in [1.165, 1.54) is 0 Å². The van der Waals surface area contributed by atoms with Crippen LogP contribution in [-0.4, -0.2) is 36.5 Å². The molecule has 196 valence electrons. The number of carbonyl (C=O) groups is 3. The summed E-state index contributed by atoms with van der Waals surface area (Å²) in [5.74, 6) is -1.30. The molecule has 39 heavy (non-hydrogen) atoms. The number of hydrogen-bond acceptors (Lipinski definition) is 4. The van der Waals surface area contributed by atoms with Gasteiger partial charge in [0.25, 0.3) is 11.8 Å². The molecule has 7 nitrogen and oxygen atoms in total. The topological polar surface area (TPSA) is 65.9 Å². The zero-order chi connectivity index (χ0) is 27.8. The number of rotatable bonds is 5. The van der Waals surface area contributed by atoms with E-state index in [9.17, 15) is 14.4 Å². The molecule has 3 aromatic carbocycles. The summed E-state index contributed by atoms with van der Waals surface area (Å²) in [5, 5.41) is 0. The highest BCUT2D eigenvalue weighted by atomic mass is 16.2. The van der Waals surface area contributed by atoms with Gasteiger partial charge >= 0.3 is 6.03 Å². The molecule has 1 aliphatic heterocycles. The van der Waals surface area contributed by atoms with Gasteiger partial charge in [-0.15, -0.1) is 0 Å². The number of para-hydroxylation sites is 1. The summed E-state index contributed by atoms with van der Waals surface area (Å²) in [4.78, 5) is 45.3. The highest BCUT2D eigenvalue weighted by molar-refractivity contribution is 6.46. The molecule has 0 unspecified atom stereocenters. The first kappa shape index (κ1) is 25.7. The Morgan fingerprint density at radius 2 is 1.21 bits per heavy atom. The first-order chi connectivity index (χ1) is 18.7. The standard InChI is InChI=1S/C32H30N4O3/c1-21-11-13-28(14-12-21)36-31(38)29(30(37)35(32(36)39)26-9-7-6-8-10-26)20-24-19-22(2)34(23(24)3)27-17-15-25(16-18-27)33(4)5/h6-20H,1-5H3/b29-20+. The van der Waals surface area contributed by atoms with Crippen LogP contribution in [0.3, 0.4) is 0 Å². The lowest BCUT2D eigenvalue weighted by Gasteiger charge is -2.34. The van der Waals surface area contributed by atoms with E-state index < -0.39 is 17.8 Å². The Bertz CT molecular complexity index is 1600. The molecule has 5 rings (SSSR count). The summed E-state index contributed by atoms with van der Waals surface area (Å²) in [5.41, 5.74) is 6.34. The minimum atomic E-state index is -0.705. The summed E-state index contributed by atoms with van der Waals surface area (Å²) in [6.45, 7) is 5.87. The highest BCUT2D eigenvalue weighted by Crippen LogP contribution is 2.31. The van der Waals surface area contributed by atoms with Crippen LogP contribution >= 0.6 is 0 Å². The molecule has 0 spiro atoms. The molecule has 1 saturated heterocycles. The molecule has 1 aromatic heterocycles. The number of benzene rings is 3. The molecule has 1 aliphatic rings. The molecule has 2 heterocycles. The molecule has 0 aliphatic carbocycles. The van der Waals surface area contributed by atoms with Crippen LogP contribution in [0.4, 0.5) is 21.9 Å². The number of nitrogens with zero attached hydrogens (tertiary/aromatic N) is 4. The number of amides is 4. The molecule has 4 amide bonds. The van der Waals surface area contributed by atoms with Crippen LogP contribution in [0.25, 0.3) is 11.8 Å². The van der Waals surface area contributed by atoms with Gasteiger partial charge in [-0.05, 0) is 87.0 Å². The van der Waals surface area contributed by atoms with E-state index in [1.54, 1.807) is 42.5 Å². The van der Waals surface area contributed by atoms with Crippen molar-refractivity contribution in [3.05, 3.63) is 113 Å². The predicted molar refractivity (Wildman–Crippen MR) is 156 cm³/mol. The van der Waals surface area contributed by atoms with Gasteiger partial charge in [0.2, 0.25) is 0 Å². The summed E-state index contributed by atoms with van der Waals surface area (Å²) in [6.07, 6.45) is 1.60. The van der Waals surface area contributed by atoms with Crippen LogP contribution in [0.5, 0.6) is 0 Å². The molecule has 0 radical (unpaired) electrons. The number of carbonyl (C=O) groups excluding carboxylic acids is 3. The van der Waals surface area contributed by atoms with Crippen LogP contribution in [0.1, 0.15) is 22.5 Å². The lowest BCUT2D eigenvalue weighted by Crippen LogP contribution is -2.57. The Hall–Kier alpha value is -4.91. The summed E-state index contributed by atoms with van der Waals surface area (Å²) < 4.78 is 2.08. The highest BCUT2D eigenvalue weighted by Gasteiger charge is 2.43. The van der Waals surface area contributed by atoms with Gasteiger partial charge in [-0.25, -0.2) is 14.6 Å². The molecule has 0 bridgehead atoms. The fourth-order valence-electron chi connectivity index (χ4n) is 4.84. The Balaban J connectivity index is 1.62. The van der Waals surface area contributed by atoms with E-state index in [4.69, 9.17) is 0 Å². The van der Waals surface area contributed by atoms with Crippen molar-refractivity contribution in [3.63, 3.8) is 0 Å². The third kappa shape index (κ3) is 4.63. The zero-order valence-corrected chi connectivity index (χ0v) is 22.7. The van der Waals surface area contributed by atoms with Crippen molar-refractivity contribution in [2.45, 2.75) is 20.8 Å². The number of aryl methyl sites for hydroxylation is 2. The van der Waals surface area contributed by atoms with Gasteiger partial charge in [0, 0.05) is 36.9 Å². The molecule has 4 aromatic rings. The van der Waals surface area contributed by atoms with Gasteiger partial charge in [-0.3, -0.25) is 9.59 Å². The van der Waals surface area contributed by atoms with Crippen molar-refractivity contribution < 1.29 is 14.4 Å². The second kappa shape index (κ2) is 10.1. The Labute approximate surface area is 228 Å². The van der Waals surface area contributed by atoms with Gasteiger partial charge in [-0.2, -0.15) is 0 Å². The summed E-state index contributed by atoms with van der Waals surface area (Å²) >= 11 is 0. The lowest BCUT2D eigenvalue weighted by atomic mass is 10.0. The van der Waals surface area contributed by atoms with E-state index in [-0.39, 0.29) is 5.57 Å². The molecule has 1 fully saturated rings. The normalized spacial score (nSPS) is 14.9. The predicted octanol–water partition coefficient (Wildman–Crippen LogP) is 6.05. The first-order valence-corrected chi connectivity index (χ1v) is 12.7. The van der Waals surface area contributed by atoms with Crippen LogP contribution < -0.4 is 14.7 Å². The van der Waals surface area contributed by atoms with E-state index in [2.05, 4.69) is 4.57 Å². The molecule has 0 saturated carbocycles. The van der Waals surface area contributed by atoms with Crippen molar-refractivity contribution >= 4 is 41.0 Å². The minimum absolute atomic E-state index is 0.0813. The van der Waals surface area contributed by atoms with E-state index in [1.807, 2.05) is 88.3 Å². The van der Waals surface area contributed by atoms with Crippen LogP contribution in [0.2, 0.25) is 0 Å². The Kier molecular flexibility index (Phi) is 6.66. The molecular formula is C32H30N4O3. The number of imide groups is 2. The fourth-order valence-corrected chi connectivity index (χ4v) is 4.84. The van der Waals surface area contributed by atoms with Crippen molar-refractivity contribution in [2.24, 2.45) is 0 Å². The second-order valence-electron chi connectivity index (χ2n) is 9.87. The number of anilines is 3. The van der Waals surface area contributed by atoms with Crippen LogP contribution in [-0.2, 0) is 9.59 Å². The smallest absolute Gasteiger partial charge is 0.343 e. The third-order valence-electron chi connectivity index (χ3n) is 6.95. The quantitative estimate of drug-likeness (QED) is 0.238. The number of hydrogen-bond donors (Lipinski definition) is 0. The number of urea groups is 1. The summed E-state index contributed by atoms with van der Waals surface area (Å²) in [7, 11) is 3.99. The molecule has 0 N–H and O–H groups in total. The Morgan fingerprint density at radius 3 is 1.77 bits per heavy atom. The van der Waals surface area contributed by atoms with E-state index >= 15 is 0 Å². The van der Waals surface area contributed by atoms with Gasteiger partial charge < -0.3 is 9.47 Å². The SMILES string of the molecule is Cc1ccc(N2C(=O)/C(=C/c3cc(C)n(-c4ccc(N(C)C)cc4)c3C)C(=O)N(c3ccccc3)C2=O)cc1. The molecule has 0 atom stereocenters. The van der Waals surface area contributed by atoms with Crippen molar-refractivity contribution in [1.29, 1.82) is 0 Å². The summed E-state index contributed by atoms with van der Waals surface area (Å²) in [6, 6.07) is 25.2. The van der Waals surface area contributed by atoms with Gasteiger partial charge in [-0.1, -0.05) is 35.9 Å². The van der Waals surface area contributed by atoms with E-state index in [0.717, 1.165) is 43.7 Å². The van der Waals surface area contributed by atoms with E-state index in [0.29, 0.717) is 11.4 Å². The lowest BCUT2D eigenvalue weighted by molar-refractivity contribution is -0.121. The van der Waals surface area contributed by atoms with Crippen molar-refractivity contribution in [2.75, 3.05) is 28.8 Å². The average Bonchev–Trinajstić information content (AvgIpc) is 3.20. The van der Waals surface area contributed by atoms with Gasteiger partial charge in [0.1, 0.15) is 5.57 Å². The average molecular weight is 519 g/mol. The van der Waals surface area contributed by atoms with Crippen LogP contribution in [0.15, 0.2) is 90.5 Å². The Morgan fingerprint density at radius 1 is 0.667 bits per heavy atom. The second-order valence-corrected chi connectivity index (χ2v) is 9.87. The maximum Gasteiger partial charge on any atom is 0.343 e. The van der Waals surface area contributed by atoms with Gasteiger partial charge in [0.15, 0.2) is 0 Å². The van der Waals surface area contributed by atoms with Crippen molar-refractivity contribution in [3.8, 4) is 5.69 Å². The minimum Gasteiger partial charge on any atom is -0.378 e. The maximum atomic E-state index is 13.8. The zero-order valence-electron chi connectivity index (χ0n) is 22.7.